The third kappa shape index (κ3) is 2.71. The molecule has 5 heteroatoms. The minimum atomic E-state index is -0.396. The molecular weight excluding hydrogens is 271 g/mol. The Balaban J connectivity index is 1.76. The van der Waals surface area contributed by atoms with E-state index < -0.39 is 5.82 Å². The highest BCUT2D eigenvalue weighted by molar-refractivity contribution is 7.15. The van der Waals surface area contributed by atoms with Gasteiger partial charge in [0, 0.05) is 29.2 Å². The molecule has 2 aromatic rings. The first-order chi connectivity index (χ1) is 8.72. The topological polar surface area (TPSA) is 24.9 Å². The first kappa shape index (κ1) is 12.1. The lowest BCUT2D eigenvalue weighted by Crippen LogP contribution is -2.14. The Morgan fingerprint density at radius 2 is 2.28 bits per heavy atom. The fourth-order valence-corrected chi connectivity index (χ4v) is 2.72. The van der Waals surface area contributed by atoms with Crippen LogP contribution in [0.5, 0.6) is 0 Å². The van der Waals surface area contributed by atoms with Gasteiger partial charge < -0.3 is 5.32 Å². The van der Waals surface area contributed by atoms with E-state index in [1.807, 2.05) is 6.20 Å². The van der Waals surface area contributed by atoms with Crippen molar-refractivity contribution in [2.75, 3.05) is 0 Å². The summed E-state index contributed by atoms with van der Waals surface area (Å²) in [5.74, 6) is -0.396. The van der Waals surface area contributed by atoms with Gasteiger partial charge >= 0.3 is 0 Å². The van der Waals surface area contributed by atoms with Gasteiger partial charge in [-0.3, -0.25) is 0 Å². The number of thiazole rings is 1. The second kappa shape index (κ2) is 4.96. The Morgan fingerprint density at radius 1 is 1.44 bits per heavy atom. The molecule has 0 bridgehead atoms. The lowest BCUT2D eigenvalue weighted by atomic mass is 10.2. The number of aromatic nitrogens is 1. The van der Waals surface area contributed by atoms with Gasteiger partial charge in [0.2, 0.25) is 0 Å². The number of nitrogens with one attached hydrogen (secondary N) is 1. The lowest BCUT2D eigenvalue weighted by molar-refractivity contribution is 0.628. The van der Waals surface area contributed by atoms with Gasteiger partial charge in [0.05, 0.1) is 5.02 Å². The zero-order valence-corrected chi connectivity index (χ0v) is 11.2. The number of benzene rings is 1. The Kier molecular flexibility index (Phi) is 3.33. The molecule has 1 saturated carbocycles. The Hall–Kier alpha value is -0.970. The molecule has 0 saturated heterocycles. The van der Waals surface area contributed by atoms with Gasteiger partial charge in [0.1, 0.15) is 10.8 Å². The smallest absolute Gasteiger partial charge is 0.141 e. The predicted molar refractivity (Wildman–Crippen MR) is 72.4 cm³/mol. The highest BCUT2D eigenvalue weighted by Crippen LogP contribution is 2.29. The van der Waals surface area contributed by atoms with E-state index in [1.54, 1.807) is 23.5 Å². The fraction of sp³-hybridized carbons (Fsp3) is 0.308. The van der Waals surface area contributed by atoms with Gasteiger partial charge in [-0.25, -0.2) is 9.37 Å². The highest BCUT2D eigenvalue weighted by atomic mass is 35.5. The largest absolute Gasteiger partial charge is 0.309 e. The monoisotopic (exact) mass is 282 g/mol. The zero-order chi connectivity index (χ0) is 12.5. The summed E-state index contributed by atoms with van der Waals surface area (Å²) in [6.45, 7) is 0.858. The number of nitrogens with zero attached hydrogens (tertiary/aromatic N) is 1. The minimum Gasteiger partial charge on any atom is -0.309 e. The first-order valence-corrected chi connectivity index (χ1v) is 7.05. The molecule has 1 fully saturated rings. The van der Waals surface area contributed by atoms with Crippen molar-refractivity contribution in [1.29, 1.82) is 0 Å². The maximum atomic E-state index is 13.1. The van der Waals surface area contributed by atoms with Gasteiger partial charge in [0.15, 0.2) is 0 Å². The quantitative estimate of drug-likeness (QED) is 0.921. The molecule has 0 aliphatic heterocycles. The normalized spacial score (nSPS) is 15.0. The van der Waals surface area contributed by atoms with Crippen LogP contribution in [-0.2, 0) is 6.54 Å². The number of hydrogen-bond donors (Lipinski definition) is 1. The lowest BCUT2D eigenvalue weighted by Gasteiger charge is -1.99. The van der Waals surface area contributed by atoms with Gasteiger partial charge in [-0.15, -0.1) is 11.3 Å². The molecule has 0 atom stereocenters. The summed E-state index contributed by atoms with van der Waals surface area (Å²) in [4.78, 5) is 5.54. The van der Waals surface area contributed by atoms with Crippen LogP contribution in [0.1, 0.15) is 17.7 Å². The van der Waals surface area contributed by atoms with Crippen molar-refractivity contribution < 1.29 is 4.39 Å². The van der Waals surface area contributed by atoms with E-state index in [9.17, 15) is 4.39 Å². The molecule has 18 heavy (non-hydrogen) atoms. The number of halogens is 2. The van der Waals surface area contributed by atoms with Gasteiger partial charge in [0.25, 0.3) is 0 Å². The van der Waals surface area contributed by atoms with Crippen LogP contribution in [0.4, 0.5) is 4.39 Å². The van der Waals surface area contributed by atoms with Crippen molar-refractivity contribution in [1.82, 2.24) is 10.3 Å². The average molecular weight is 283 g/mol. The van der Waals surface area contributed by atoms with Crippen LogP contribution in [-0.4, -0.2) is 11.0 Å². The average Bonchev–Trinajstić information content (AvgIpc) is 3.08. The van der Waals surface area contributed by atoms with Crippen LogP contribution in [0.3, 0.4) is 0 Å². The van der Waals surface area contributed by atoms with E-state index in [4.69, 9.17) is 11.6 Å². The van der Waals surface area contributed by atoms with Crippen LogP contribution in [0, 0.1) is 5.82 Å². The molecule has 3 rings (SSSR count). The summed E-state index contributed by atoms with van der Waals surface area (Å²) in [6.07, 6.45) is 4.42. The van der Waals surface area contributed by atoms with E-state index in [2.05, 4.69) is 10.3 Å². The molecule has 0 spiro atoms. The summed E-state index contributed by atoms with van der Waals surface area (Å²) < 4.78 is 13.1. The second-order valence-corrected chi connectivity index (χ2v) is 5.94. The molecule has 1 heterocycles. The van der Waals surface area contributed by atoms with Crippen molar-refractivity contribution in [2.45, 2.75) is 25.4 Å². The van der Waals surface area contributed by atoms with Crippen LogP contribution in [0.25, 0.3) is 10.6 Å². The maximum Gasteiger partial charge on any atom is 0.141 e. The molecule has 1 aromatic carbocycles. The van der Waals surface area contributed by atoms with Crippen LogP contribution >= 0.6 is 22.9 Å². The summed E-state index contributed by atoms with van der Waals surface area (Å²) >= 11 is 7.39. The van der Waals surface area contributed by atoms with Crippen LogP contribution in [0.15, 0.2) is 24.4 Å². The van der Waals surface area contributed by atoms with E-state index in [0.29, 0.717) is 6.04 Å². The third-order valence-corrected chi connectivity index (χ3v) is 4.20. The van der Waals surface area contributed by atoms with E-state index in [-0.39, 0.29) is 5.02 Å². The Bertz CT molecular complexity index is 566. The summed E-state index contributed by atoms with van der Waals surface area (Å²) in [6, 6.07) is 5.39. The summed E-state index contributed by atoms with van der Waals surface area (Å²) in [5, 5.41) is 4.46. The van der Waals surface area contributed by atoms with Crippen molar-refractivity contribution in [3.63, 3.8) is 0 Å². The Morgan fingerprint density at radius 3 is 3.00 bits per heavy atom. The van der Waals surface area contributed by atoms with Crippen molar-refractivity contribution in [2.24, 2.45) is 0 Å². The van der Waals surface area contributed by atoms with Crippen LogP contribution < -0.4 is 5.32 Å². The molecular formula is C13H12ClFN2S. The van der Waals surface area contributed by atoms with E-state index in [1.165, 1.54) is 23.8 Å². The van der Waals surface area contributed by atoms with Crippen molar-refractivity contribution in [3.05, 3.63) is 40.1 Å². The molecule has 1 aliphatic rings. The summed E-state index contributed by atoms with van der Waals surface area (Å²) in [7, 11) is 0. The zero-order valence-electron chi connectivity index (χ0n) is 9.62. The molecule has 0 amide bonds. The molecule has 0 radical (unpaired) electrons. The first-order valence-electron chi connectivity index (χ1n) is 5.86. The SMILES string of the molecule is Fc1ccc(-c2ncc(CNC3CC3)s2)cc1Cl. The molecule has 0 unspecified atom stereocenters. The molecule has 1 N–H and O–H groups in total. The molecule has 1 aromatic heterocycles. The van der Waals surface area contributed by atoms with E-state index in [0.717, 1.165) is 17.1 Å². The van der Waals surface area contributed by atoms with Gasteiger partial charge in [-0.05, 0) is 31.0 Å². The summed E-state index contributed by atoms with van der Waals surface area (Å²) in [5.41, 5.74) is 0.865. The molecule has 1 aliphatic carbocycles. The maximum absolute atomic E-state index is 13.1. The predicted octanol–water partition coefficient (Wildman–Crippen LogP) is 3.85. The third-order valence-electron chi connectivity index (χ3n) is 2.86. The number of rotatable bonds is 4. The number of hydrogen-bond acceptors (Lipinski definition) is 3. The van der Waals surface area contributed by atoms with Crippen molar-refractivity contribution >= 4 is 22.9 Å². The standard InChI is InChI=1S/C13H12ClFN2S/c14-11-5-8(1-4-12(11)15)13-17-7-10(18-13)6-16-9-2-3-9/h1,4-5,7,9,16H,2-3,6H2. The van der Waals surface area contributed by atoms with Crippen LogP contribution in [0.2, 0.25) is 5.02 Å². The van der Waals surface area contributed by atoms with E-state index >= 15 is 0 Å². The van der Waals surface area contributed by atoms with Gasteiger partial charge in [-0.2, -0.15) is 0 Å². The second-order valence-electron chi connectivity index (χ2n) is 4.42. The Labute approximate surface area is 114 Å². The van der Waals surface area contributed by atoms with Crippen molar-refractivity contribution in [3.8, 4) is 10.6 Å². The minimum absolute atomic E-state index is 0.139. The molecule has 94 valence electrons. The van der Waals surface area contributed by atoms with Gasteiger partial charge in [-0.1, -0.05) is 11.6 Å². The fourth-order valence-electron chi connectivity index (χ4n) is 1.68. The molecule has 2 nitrogen and oxygen atoms in total. The highest BCUT2D eigenvalue weighted by Gasteiger charge is 2.20.